The van der Waals surface area contributed by atoms with E-state index in [1.807, 2.05) is 7.05 Å². The summed E-state index contributed by atoms with van der Waals surface area (Å²) in [6.07, 6.45) is 7.08. The summed E-state index contributed by atoms with van der Waals surface area (Å²) in [5, 5.41) is 5.71. The number of urea groups is 1. The number of carbonyl (C=O) groups is 3. The van der Waals surface area contributed by atoms with E-state index in [-0.39, 0.29) is 29.9 Å². The third kappa shape index (κ3) is 4.58. The quantitative estimate of drug-likeness (QED) is 0.575. The van der Waals surface area contributed by atoms with Crippen LogP contribution >= 0.6 is 0 Å². The molecule has 162 valence electrons. The third-order valence-corrected chi connectivity index (χ3v) is 7.58. The van der Waals surface area contributed by atoms with Crippen LogP contribution in [0.15, 0.2) is 0 Å². The van der Waals surface area contributed by atoms with Crippen molar-refractivity contribution in [2.24, 2.45) is 17.8 Å². The summed E-state index contributed by atoms with van der Waals surface area (Å²) >= 11 is 0. The Morgan fingerprint density at radius 1 is 1.07 bits per heavy atom. The zero-order valence-corrected chi connectivity index (χ0v) is 17.7. The predicted molar refractivity (Wildman–Crippen MR) is 106 cm³/mol. The fraction of sp³-hybridized carbons (Fsp3) is 0.857. The van der Waals surface area contributed by atoms with Gasteiger partial charge in [-0.1, -0.05) is 0 Å². The molecule has 29 heavy (non-hydrogen) atoms. The van der Waals surface area contributed by atoms with Gasteiger partial charge in [0.25, 0.3) is 11.8 Å². The van der Waals surface area contributed by atoms with Gasteiger partial charge < -0.3 is 19.9 Å². The topological polar surface area (TPSA) is 92.2 Å². The van der Waals surface area contributed by atoms with Gasteiger partial charge in [-0.3, -0.25) is 14.9 Å². The average Bonchev–Trinajstić information content (AvgIpc) is 2.66. The molecule has 1 heterocycles. The van der Waals surface area contributed by atoms with Crippen LogP contribution in [0, 0.1) is 17.8 Å². The molecule has 1 unspecified atom stereocenters. The lowest BCUT2D eigenvalue weighted by Crippen LogP contribution is -3.15. The van der Waals surface area contributed by atoms with Gasteiger partial charge in [-0.15, -0.1) is 0 Å². The van der Waals surface area contributed by atoms with E-state index in [4.69, 9.17) is 4.74 Å². The Morgan fingerprint density at radius 2 is 1.62 bits per heavy atom. The fourth-order valence-corrected chi connectivity index (χ4v) is 6.30. The molecule has 0 spiro atoms. The maximum atomic E-state index is 12.6. The fourth-order valence-electron chi connectivity index (χ4n) is 6.30. The molecule has 5 rings (SSSR count). The van der Waals surface area contributed by atoms with E-state index < -0.39 is 6.04 Å². The number of carbonyl (C=O) groups excluding carboxylic acids is 3. The Morgan fingerprint density at radius 3 is 2.17 bits per heavy atom. The molecule has 8 heteroatoms. The van der Waals surface area contributed by atoms with Crippen molar-refractivity contribution in [3.63, 3.8) is 0 Å². The molecular formula is C21H35N4O4+. The minimum Gasteiger partial charge on any atom is -0.378 e. The van der Waals surface area contributed by atoms with Crippen molar-refractivity contribution in [1.29, 1.82) is 0 Å². The molecule has 5 fully saturated rings. The first-order chi connectivity index (χ1) is 13.8. The summed E-state index contributed by atoms with van der Waals surface area (Å²) < 4.78 is 5.27. The molecule has 4 bridgehead atoms. The first kappa shape index (κ1) is 20.6. The van der Waals surface area contributed by atoms with Gasteiger partial charge in [-0.05, 0) is 63.2 Å². The molecule has 0 aromatic rings. The molecule has 1 aliphatic heterocycles. The summed E-state index contributed by atoms with van der Waals surface area (Å²) in [4.78, 5) is 40.2. The Kier molecular flexibility index (Phi) is 5.84. The predicted octanol–water partition coefficient (Wildman–Crippen LogP) is -0.457. The molecule has 0 aromatic carbocycles. The molecule has 0 radical (unpaired) electrons. The highest BCUT2D eigenvalue weighted by Gasteiger charge is 2.51. The van der Waals surface area contributed by atoms with E-state index in [1.165, 1.54) is 19.3 Å². The number of hydrogen-bond donors (Lipinski definition) is 3. The zero-order chi connectivity index (χ0) is 20.6. The summed E-state index contributed by atoms with van der Waals surface area (Å²) in [5.41, 5.74) is -0.118. The third-order valence-electron chi connectivity index (χ3n) is 7.58. The molecule has 4 amide bonds. The van der Waals surface area contributed by atoms with Crippen molar-refractivity contribution >= 4 is 17.8 Å². The van der Waals surface area contributed by atoms with Crippen LogP contribution in [0.2, 0.25) is 0 Å². The lowest BCUT2D eigenvalue weighted by atomic mass is 9.53. The van der Waals surface area contributed by atoms with Gasteiger partial charge in [0.1, 0.15) is 0 Å². The Bertz CT molecular complexity index is 626. The maximum Gasteiger partial charge on any atom is 0.322 e. The van der Waals surface area contributed by atoms with Gasteiger partial charge in [-0.25, -0.2) is 4.79 Å². The van der Waals surface area contributed by atoms with Gasteiger partial charge in [0, 0.05) is 18.6 Å². The van der Waals surface area contributed by atoms with E-state index in [0.29, 0.717) is 26.3 Å². The number of nitrogens with zero attached hydrogens (tertiary/aromatic N) is 1. The zero-order valence-electron chi connectivity index (χ0n) is 17.7. The van der Waals surface area contributed by atoms with E-state index >= 15 is 0 Å². The van der Waals surface area contributed by atoms with Gasteiger partial charge in [-0.2, -0.15) is 0 Å². The van der Waals surface area contributed by atoms with E-state index in [9.17, 15) is 14.4 Å². The van der Waals surface area contributed by atoms with E-state index in [2.05, 4.69) is 10.6 Å². The first-order valence-corrected chi connectivity index (χ1v) is 11.1. The largest absolute Gasteiger partial charge is 0.378 e. The number of morpholine rings is 1. The van der Waals surface area contributed by atoms with Gasteiger partial charge in [0.2, 0.25) is 0 Å². The first-order valence-electron chi connectivity index (χ1n) is 11.1. The Hall–Kier alpha value is -1.67. The van der Waals surface area contributed by atoms with Crippen LogP contribution in [0.25, 0.3) is 0 Å². The second kappa shape index (κ2) is 8.22. The molecule has 1 saturated heterocycles. The lowest BCUT2D eigenvalue weighted by Gasteiger charge is -2.56. The van der Waals surface area contributed by atoms with Crippen molar-refractivity contribution in [3.05, 3.63) is 0 Å². The number of ether oxygens (including phenoxy) is 1. The van der Waals surface area contributed by atoms with Gasteiger partial charge >= 0.3 is 6.03 Å². The standard InChI is InChI=1S/C21H34N4O4/c1-14(24(2)13-18(26)25-3-5-29-6-4-25)19(27)22-20(28)23-21-10-15-7-16(11-21)9-17(8-15)12-21/h14-17H,3-13H2,1-2H3,(H2,22,23,27,28)/p+1/t14-,15?,16?,17?,21?/m0/s1. The van der Waals surface area contributed by atoms with Crippen molar-refractivity contribution < 1.29 is 24.0 Å². The molecule has 4 saturated carbocycles. The van der Waals surface area contributed by atoms with Crippen LogP contribution in [0.5, 0.6) is 0 Å². The minimum absolute atomic E-state index is 0.0171. The van der Waals surface area contributed by atoms with Crippen LogP contribution in [0.3, 0.4) is 0 Å². The molecule has 0 aromatic heterocycles. The molecular weight excluding hydrogens is 372 g/mol. The highest BCUT2D eigenvalue weighted by atomic mass is 16.5. The second-order valence-corrected chi connectivity index (χ2v) is 9.88. The summed E-state index contributed by atoms with van der Waals surface area (Å²) in [6.45, 7) is 4.30. The van der Waals surface area contributed by atoms with Crippen LogP contribution in [0.4, 0.5) is 4.79 Å². The number of hydrogen-bond acceptors (Lipinski definition) is 4. The minimum atomic E-state index is -0.484. The van der Waals surface area contributed by atoms with Crippen LogP contribution < -0.4 is 15.5 Å². The summed E-state index contributed by atoms with van der Waals surface area (Å²) in [7, 11) is 1.82. The molecule has 8 nitrogen and oxygen atoms in total. The second-order valence-electron chi connectivity index (χ2n) is 9.88. The van der Waals surface area contributed by atoms with Gasteiger partial charge in [0.15, 0.2) is 12.6 Å². The van der Waals surface area contributed by atoms with Crippen molar-refractivity contribution in [2.45, 2.75) is 57.0 Å². The molecule has 5 aliphatic rings. The number of quaternary nitrogens is 1. The van der Waals surface area contributed by atoms with Crippen molar-refractivity contribution in [2.75, 3.05) is 39.9 Å². The lowest BCUT2D eigenvalue weighted by molar-refractivity contribution is -0.886. The van der Waals surface area contributed by atoms with Crippen molar-refractivity contribution in [3.8, 4) is 0 Å². The average molecular weight is 408 g/mol. The number of nitrogens with one attached hydrogen (secondary N) is 3. The van der Waals surface area contributed by atoms with Gasteiger partial charge in [0.05, 0.1) is 20.3 Å². The smallest absolute Gasteiger partial charge is 0.322 e. The molecule has 2 atom stereocenters. The SMILES string of the molecule is C[C@@H](C(=O)NC(=O)NC12CC3CC(CC(C3)C1)C2)[NH+](C)CC(=O)N1CCOCC1. The number of amides is 4. The normalized spacial score (nSPS) is 35.1. The van der Waals surface area contributed by atoms with Crippen molar-refractivity contribution in [1.82, 2.24) is 15.5 Å². The summed E-state index contributed by atoms with van der Waals surface area (Å²) in [6, 6.07) is -0.863. The Labute approximate surface area is 172 Å². The monoisotopic (exact) mass is 407 g/mol. The molecule has 4 aliphatic carbocycles. The number of likely N-dealkylation sites (N-methyl/N-ethyl adjacent to an activating group) is 1. The van der Waals surface area contributed by atoms with E-state index in [0.717, 1.165) is 41.9 Å². The Balaban J connectivity index is 1.26. The van der Waals surface area contributed by atoms with Crippen LogP contribution in [-0.4, -0.2) is 74.2 Å². The number of rotatable bonds is 5. The molecule has 3 N–H and O–H groups in total. The number of imide groups is 1. The van der Waals surface area contributed by atoms with Crippen LogP contribution in [0.1, 0.15) is 45.4 Å². The highest BCUT2D eigenvalue weighted by Crippen LogP contribution is 2.55. The van der Waals surface area contributed by atoms with E-state index in [1.54, 1.807) is 11.8 Å². The van der Waals surface area contributed by atoms with Crippen LogP contribution in [-0.2, 0) is 14.3 Å². The highest BCUT2D eigenvalue weighted by molar-refractivity contribution is 5.96. The maximum absolute atomic E-state index is 12.6. The summed E-state index contributed by atoms with van der Waals surface area (Å²) in [5.74, 6) is 1.89.